The van der Waals surface area contributed by atoms with Crippen LogP contribution in [0.25, 0.3) is 0 Å². The molecule has 1 fully saturated rings. The van der Waals surface area contributed by atoms with Crippen molar-refractivity contribution in [2.75, 3.05) is 19.3 Å². The van der Waals surface area contributed by atoms with Crippen molar-refractivity contribution in [2.24, 2.45) is 5.92 Å². The topological polar surface area (TPSA) is 20.3 Å². The van der Waals surface area contributed by atoms with Crippen LogP contribution in [-0.4, -0.2) is 30.2 Å². The maximum absolute atomic E-state index is 12.7. The van der Waals surface area contributed by atoms with E-state index in [0.29, 0.717) is 5.92 Å². The van der Waals surface area contributed by atoms with E-state index in [2.05, 4.69) is 48.7 Å². The van der Waals surface area contributed by atoms with Crippen LogP contribution in [0.15, 0.2) is 54.6 Å². The summed E-state index contributed by atoms with van der Waals surface area (Å²) in [6.45, 7) is 1.76. The van der Waals surface area contributed by atoms with Gasteiger partial charge in [0.1, 0.15) is 0 Å². The van der Waals surface area contributed by atoms with Crippen LogP contribution in [0.1, 0.15) is 34.3 Å². The standard InChI is InChI=1S/C21H25NOS/c1-24-16-19-7-9-20(10-8-19)21(23)22-13-11-18(12-14-22)15-17-5-3-2-4-6-17/h2-10,18H,11-16H2,1H3. The van der Waals surface area contributed by atoms with Gasteiger partial charge in [0.2, 0.25) is 0 Å². The fourth-order valence-corrected chi connectivity index (χ4v) is 3.91. The van der Waals surface area contributed by atoms with Crippen molar-refractivity contribution in [3.05, 3.63) is 71.3 Å². The molecule has 24 heavy (non-hydrogen) atoms. The van der Waals surface area contributed by atoms with Gasteiger partial charge >= 0.3 is 0 Å². The predicted octanol–water partition coefficient (Wildman–Crippen LogP) is 4.64. The Morgan fingerprint density at radius 2 is 1.67 bits per heavy atom. The zero-order valence-electron chi connectivity index (χ0n) is 14.3. The molecule has 3 heteroatoms. The molecule has 0 N–H and O–H groups in total. The summed E-state index contributed by atoms with van der Waals surface area (Å²) in [6, 6.07) is 18.8. The smallest absolute Gasteiger partial charge is 0.253 e. The number of piperidine rings is 1. The molecular weight excluding hydrogens is 314 g/mol. The van der Waals surface area contributed by atoms with Crippen molar-refractivity contribution in [1.82, 2.24) is 4.90 Å². The van der Waals surface area contributed by atoms with Crippen molar-refractivity contribution in [2.45, 2.75) is 25.0 Å². The summed E-state index contributed by atoms with van der Waals surface area (Å²) >= 11 is 1.80. The summed E-state index contributed by atoms with van der Waals surface area (Å²) in [5.41, 5.74) is 3.51. The van der Waals surface area contributed by atoms with Crippen molar-refractivity contribution in [1.29, 1.82) is 0 Å². The lowest BCUT2D eigenvalue weighted by molar-refractivity contribution is 0.0690. The second-order valence-corrected chi connectivity index (χ2v) is 7.42. The SMILES string of the molecule is CSCc1ccc(C(=O)N2CCC(Cc3ccccc3)CC2)cc1. The predicted molar refractivity (Wildman–Crippen MR) is 102 cm³/mol. The lowest BCUT2D eigenvalue weighted by Gasteiger charge is -2.32. The van der Waals surface area contributed by atoms with Gasteiger partial charge in [-0.1, -0.05) is 42.5 Å². The fourth-order valence-electron chi connectivity index (χ4n) is 3.38. The first kappa shape index (κ1) is 17.1. The van der Waals surface area contributed by atoms with E-state index in [-0.39, 0.29) is 5.91 Å². The number of rotatable bonds is 5. The Morgan fingerprint density at radius 1 is 1.00 bits per heavy atom. The number of benzene rings is 2. The zero-order valence-corrected chi connectivity index (χ0v) is 15.1. The molecule has 1 heterocycles. The Bertz CT molecular complexity index is 645. The van der Waals surface area contributed by atoms with E-state index in [1.165, 1.54) is 11.1 Å². The Balaban J connectivity index is 1.53. The quantitative estimate of drug-likeness (QED) is 0.790. The van der Waals surface area contributed by atoms with E-state index >= 15 is 0 Å². The Labute approximate surface area is 149 Å². The lowest BCUT2D eigenvalue weighted by atomic mass is 9.90. The molecule has 126 valence electrons. The fraction of sp³-hybridized carbons (Fsp3) is 0.381. The minimum absolute atomic E-state index is 0.184. The van der Waals surface area contributed by atoms with E-state index in [1.807, 2.05) is 17.0 Å². The molecule has 2 nitrogen and oxygen atoms in total. The second kappa shape index (κ2) is 8.39. The van der Waals surface area contributed by atoms with Crippen molar-refractivity contribution in [3.8, 4) is 0 Å². The average Bonchev–Trinajstić information content (AvgIpc) is 2.64. The number of hydrogen-bond acceptors (Lipinski definition) is 2. The first-order valence-corrected chi connectivity index (χ1v) is 10.1. The zero-order chi connectivity index (χ0) is 16.8. The molecule has 0 bridgehead atoms. The van der Waals surface area contributed by atoms with Gasteiger partial charge in [-0.15, -0.1) is 0 Å². The number of amides is 1. The first-order valence-electron chi connectivity index (χ1n) is 8.67. The van der Waals surface area contributed by atoms with Crippen LogP contribution >= 0.6 is 11.8 Å². The summed E-state index contributed by atoms with van der Waals surface area (Å²) in [7, 11) is 0. The number of nitrogens with zero attached hydrogens (tertiary/aromatic N) is 1. The third kappa shape index (κ3) is 4.41. The van der Waals surface area contributed by atoms with Crippen LogP contribution in [0.5, 0.6) is 0 Å². The minimum atomic E-state index is 0.184. The molecule has 0 saturated carbocycles. The molecular formula is C21H25NOS. The molecule has 0 spiro atoms. The van der Waals surface area contributed by atoms with Crippen molar-refractivity contribution in [3.63, 3.8) is 0 Å². The van der Waals surface area contributed by atoms with Crippen LogP contribution in [0.4, 0.5) is 0 Å². The van der Waals surface area contributed by atoms with Crippen molar-refractivity contribution < 1.29 is 4.79 Å². The second-order valence-electron chi connectivity index (χ2n) is 6.56. The number of hydrogen-bond donors (Lipinski definition) is 0. The van der Waals surface area contributed by atoms with Gasteiger partial charge in [0, 0.05) is 24.4 Å². The number of likely N-dealkylation sites (tertiary alicyclic amines) is 1. The largest absolute Gasteiger partial charge is 0.339 e. The normalized spacial score (nSPS) is 15.5. The van der Waals surface area contributed by atoms with Crippen LogP contribution in [0, 0.1) is 5.92 Å². The molecule has 1 amide bonds. The van der Waals surface area contributed by atoms with Gasteiger partial charge in [0.15, 0.2) is 0 Å². The van der Waals surface area contributed by atoms with Gasteiger partial charge in [-0.25, -0.2) is 0 Å². The Morgan fingerprint density at radius 3 is 2.29 bits per heavy atom. The molecule has 2 aromatic rings. The number of thioether (sulfide) groups is 1. The number of carbonyl (C=O) groups excluding carboxylic acids is 1. The third-order valence-electron chi connectivity index (χ3n) is 4.78. The summed E-state index contributed by atoms with van der Waals surface area (Å²) in [6.07, 6.45) is 5.43. The highest BCUT2D eigenvalue weighted by Crippen LogP contribution is 2.23. The molecule has 1 saturated heterocycles. The summed E-state index contributed by atoms with van der Waals surface area (Å²) in [5, 5.41) is 0. The van der Waals surface area contributed by atoms with Crippen LogP contribution in [-0.2, 0) is 12.2 Å². The molecule has 0 aliphatic carbocycles. The molecule has 1 aliphatic rings. The molecule has 2 aromatic carbocycles. The highest BCUT2D eigenvalue weighted by molar-refractivity contribution is 7.97. The maximum atomic E-state index is 12.7. The Hall–Kier alpha value is -1.74. The van der Waals surface area contributed by atoms with E-state index in [9.17, 15) is 4.79 Å². The monoisotopic (exact) mass is 339 g/mol. The molecule has 1 aliphatic heterocycles. The van der Waals surface area contributed by atoms with E-state index in [0.717, 1.165) is 43.7 Å². The average molecular weight is 340 g/mol. The summed E-state index contributed by atoms with van der Waals surface area (Å²) < 4.78 is 0. The third-order valence-corrected chi connectivity index (χ3v) is 5.40. The highest BCUT2D eigenvalue weighted by atomic mass is 32.2. The minimum Gasteiger partial charge on any atom is -0.339 e. The van der Waals surface area contributed by atoms with E-state index in [1.54, 1.807) is 11.8 Å². The first-order chi connectivity index (χ1) is 11.8. The highest BCUT2D eigenvalue weighted by Gasteiger charge is 2.23. The molecule has 0 unspecified atom stereocenters. The maximum Gasteiger partial charge on any atom is 0.253 e. The molecule has 3 rings (SSSR count). The van der Waals surface area contributed by atoms with Crippen molar-refractivity contribution >= 4 is 17.7 Å². The number of carbonyl (C=O) groups is 1. The van der Waals surface area contributed by atoms with Gasteiger partial charge in [0.05, 0.1) is 0 Å². The van der Waals surface area contributed by atoms with Gasteiger partial charge in [-0.3, -0.25) is 4.79 Å². The Kier molecular flexibility index (Phi) is 5.97. The van der Waals surface area contributed by atoms with Crippen LogP contribution in [0.2, 0.25) is 0 Å². The molecule has 0 aromatic heterocycles. The van der Waals surface area contributed by atoms with Gasteiger partial charge in [-0.2, -0.15) is 11.8 Å². The van der Waals surface area contributed by atoms with Gasteiger partial charge < -0.3 is 4.90 Å². The molecule has 0 radical (unpaired) electrons. The van der Waals surface area contributed by atoms with Gasteiger partial charge in [0.25, 0.3) is 5.91 Å². The van der Waals surface area contributed by atoms with E-state index < -0.39 is 0 Å². The van der Waals surface area contributed by atoms with Crippen LogP contribution < -0.4 is 0 Å². The van der Waals surface area contributed by atoms with Gasteiger partial charge in [-0.05, 0) is 54.7 Å². The van der Waals surface area contributed by atoms with E-state index in [4.69, 9.17) is 0 Å². The summed E-state index contributed by atoms with van der Waals surface area (Å²) in [4.78, 5) is 14.7. The lowest BCUT2D eigenvalue weighted by Crippen LogP contribution is -2.38. The summed E-state index contributed by atoms with van der Waals surface area (Å²) in [5.74, 6) is 1.88. The van der Waals surface area contributed by atoms with Crippen LogP contribution in [0.3, 0.4) is 0 Å². The molecule has 0 atom stereocenters.